The normalized spacial score (nSPS) is 30.5. The van der Waals surface area contributed by atoms with Crippen LogP contribution in [-0.2, 0) is 9.47 Å². The smallest absolute Gasteiger partial charge is 0.163 e. The zero-order valence-corrected chi connectivity index (χ0v) is 8.57. The molecule has 1 rings (SSSR count). The van der Waals surface area contributed by atoms with E-state index < -0.39 is 23.6 Å². The van der Waals surface area contributed by atoms with E-state index in [1.54, 1.807) is 27.7 Å². The van der Waals surface area contributed by atoms with Crippen LogP contribution >= 0.6 is 0 Å². The standard InChI is InChI=1S/C9H18O4/c1-8(2,11)7(10)6-5-12-9(3,4)13-6/h6-7,10-11H,5H2,1-4H3/t6-,7-/m1/s1. The Morgan fingerprint density at radius 3 is 2.31 bits per heavy atom. The first kappa shape index (κ1) is 10.9. The van der Waals surface area contributed by atoms with Crippen LogP contribution in [0.15, 0.2) is 0 Å². The maximum Gasteiger partial charge on any atom is 0.163 e. The SMILES string of the molecule is CC1(C)OC[C@H]([C@@H](O)C(C)(C)O)O1. The first-order chi connectivity index (χ1) is 5.72. The fraction of sp³-hybridized carbons (Fsp3) is 1.00. The largest absolute Gasteiger partial charge is 0.388 e. The van der Waals surface area contributed by atoms with Gasteiger partial charge in [0, 0.05) is 0 Å². The molecule has 1 aliphatic heterocycles. The van der Waals surface area contributed by atoms with E-state index in [0.717, 1.165) is 0 Å². The number of aliphatic hydroxyl groups excluding tert-OH is 1. The summed E-state index contributed by atoms with van der Waals surface area (Å²) < 4.78 is 10.7. The summed E-state index contributed by atoms with van der Waals surface area (Å²) in [4.78, 5) is 0. The molecular formula is C9H18O4. The van der Waals surface area contributed by atoms with Crippen LogP contribution in [0.5, 0.6) is 0 Å². The van der Waals surface area contributed by atoms with E-state index in [0.29, 0.717) is 6.61 Å². The summed E-state index contributed by atoms with van der Waals surface area (Å²) in [6.07, 6.45) is -1.37. The zero-order chi connectivity index (χ0) is 10.3. The van der Waals surface area contributed by atoms with Crippen LogP contribution in [-0.4, -0.2) is 40.4 Å². The molecule has 2 atom stereocenters. The van der Waals surface area contributed by atoms with Crippen LogP contribution < -0.4 is 0 Å². The van der Waals surface area contributed by atoms with E-state index in [2.05, 4.69) is 0 Å². The summed E-state index contributed by atoms with van der Waals surface area (Å²) in [5, 5.41) is 19.2. The highest BCUT2D eigenvalue weighted by molar-refractivity contribution is 4.87. The molecule has 0 amide bonds. The van der Waals surface area contributed by atoms with Gasteiger partial charge >= 0.3 is 0 Å². The fourth-order valence-corrected chi connectivity index (χ4v) is 1.33. The molecule has 1 saturated heterocycles. The van der Waals surface area contributed by atoms with Gasteiger partial charge < -0.3 is 19.7 Å². The van der Waals surface area contributed by atoms with Crippen LogP contribution in [0.25, 0.3) is 0 Å². The topological polar surface area (TPSA) is 58.9 Å². The van der Waals surface area contributed by atoms with Crippen molar-refractivity contribution < 1.29 is 19.7 Å². The van der Waals surface area contributed by atoms with Crippen molar-refractivity contribution in [3.8, 4) is 0 Å². The van der Waals surface area contributed by atoms with E-state index in [1.165, 1.54) is 0 Å². The molecule has 0 aromatic carbocycles. The fourth-order valence-electron chi connectivity index (χ4n) is 1.33. The monoisotopic (exact) mass is 190 g/mol. The Bertz CT molecular complexity index is 183. The van der Waals surface area contributed by atoms with Gasteiger partial charge in [-0.25, -0.2) is 0 Å². The van der Waals surface area contributed by atoms with E-state index in [9.17, 15) is 10.2 Å². The molecule has 4 heteroatoms. The van der Waals surface area contributed by atoms with E-state index in [1.807, 2.05) is 0 Å². The molecule has 0 spiro atoms. The number of aliphatic hydroxyl groups is 2. The first-order valence-corrected chi connectivity index (χ1v) is 4.44. The Morgan fingerprint density at radius 1 is 1.46 bits per heavy atom. The molecule has 0 aromatic rings. The Kier molecular flexibility index (Phi) is 2.69. The van der Waals surface area contributed by atoms with E-state index in [-0.39, 0.29) is 0 Å². The molecule has 1 heterocycles. The maximum atomic E-state index is 9.66. The highest BCUT2D eigenvalue weighted by Crippen LogP contribution is 2.27. The van der Waals surface area contributed by atoms with Crippen molar-refractivity contribution in [1.29, 1.82) is 0 Å². The Labute approximate surface area is 78.5 Å². The number of hydrogen-bond acceptors (Lipinski definition) is 4. The second-order valence-electron chi connectivity index (χ2n) is 4.47. The molecule has 0 bridgehead atoms. The average Bonchev–Trinajstić information content (AvgIpc) is 2.26. The minimum atomic E-state index is -1.16. The van der Waals surface area contributed by atoms with Crippen molar-refractivity contribution in [2.24, 2.45) is 0 Å². The third kappa shape index (κ3) is 2.64. The van der Waals surface area contributed by atoms with Crippen molar-refractivity contribution in [1.82, 2.24) is 0 Å². The lowest BCUT2D eigenvalue weighted by Gasteiger charge is -2.29. The minimum absolute atomic E-state index is 0.318. The summed E-state index contributed by atoms with van der Waals surface area (Å²) in [7, 11) is 0. The van der Waals surface area contributed by atoms with Crippen LogP contribution in [0.4, 0.5) is 0 Å². The molecule has 0 unspecified atom stereocenters. The molecule has 2 N–H and O–H groups in total. The molecule has 1 aliphatic rings. The van der Waals surface area contributed by atoms with Gasteiger partial charge in [-0.1, -0.05) is 0 Å². The molecule has 78 valence electrons. The third-order valence-corrected chi connectivity index (χ3v) is 2.11. The third-order valence-electron chi connectivity index (χ3n) is 2.11. The molecule has 0 aromatic heterocycles. The van der Waals surface area contributed by atoms with Crippen LogP contribution in [0.2, 0.25) is 0 Å². The lowest BCUT2D eigenvalue weighted by molar-refractivity contribution is -0.171. The van der Waals surface area contributed by atoms with Crippen molar-refractivity contribution >= 4 is 0 Å². The minimum Gasteiger partial charge on any atom is -0.388 e. The van der Waals surface area contributed by atoms with Crippen molar-refractivity contribution in [2.45, 2.75) is 51.3 Å². The second-order valence-corrected chi connectivity index (χ2v) is 4.47. The van der Waals surface area contributed by atoms with Gasteiger partial charge in [0.05, 0.1) is 12.2 Å². The second kappa shape index (κ2) is 3.20. The highest BCUT2D eigenvalue weighted by Gasteiger charge is 2.42. The Morgan fingerprint density at radius 2 is 2.00 bits per heavy atom. The van der Waals surface area contributed by atoms with Gasteiger partial charge in [0.1, 0.15) is 12.2 Å². The van der Waals surface area contributed by atoms with Gasteiger partial charge in [-0.3, -0.25) is 0 Å². The van der Waals surface area contributed by atoms with Crippen molar-refractivity contribution in [2.75, 3.05) is 6.61 Å². The molecule has 0 aliphatic carbocycles. The van der Waals surface area contributed by atoms with Crippen molar-refractivity contribution in [3.05, 3.63) is 0 Å². The van der Waals surface area contributed by atoms with Crippen molar-refractivity contribution in [3.63, 3.8) is 0 Å². The van der Waals surface area contributed by atoms with Gasteiger partial charge in [-0.2, -0.15) is 0 Å². The number of rotatable bonds is 2. The Balaban J connectivity index is 2.57. The molecule has 0 saturated carbocycles. The number of hydrogen-bond donors (Lipinski definition) is 2. The quantitative estimate of drug-likeness (QED) is 0.656. The summed E-state index contributed by atoms with van der Waals surface area (Å²) >= 11 is 0. The van der Waals surface area contributed by atoms with Crippen LogP contribution in [0, 0.1) is 0 Å². The summed E-state index contributed by atoms with van der Waals surface area (Å²) in [6, 6.07) is 0. The predicted molar refractivity (Wildman–Crippen MR) is 47.2 cm³/mol. The average molecular weight is 190 g/mol. The molecule has 13 heavy (non-hydrogen) atoms. The van der Waals surface area contributed by atoms with Gasteiger partial charge in [-0.05, 0) is 27.7 Å². The van der Waals surface area contributed by atoms with E-state index in [4.69, 9.17) is 9.47 Å². The lowest BCUT2D eigenvalue weighted by atomic mass is 9.97. The summed E-state index contributed by atoms with van der Waals surface area (Å²) in [5.41, 5.74) is -1.16. The highest BCUT2D eigenvalue weighted by atomic mass is 16.7. The summed E-state index contributed by atoms with van der Waals surface area (Å²) in [6.45, 7) is 6.98. The molecule has 1 fully saturated rings. The van der Waals surface area contributed by atoms with Gasteiger partial charge in [0.15, 0.2) is 5.79 Å². The first-order valence-electron chi connectivity index (χ1n) is 4.44. The maximum absolute atomic E-state index is 9.66. The Hall–Kier alpha value is -0.160. The lowest BCUT2D eigenvalue weighted by Crippen LogP contribution is -2.46. The number of ether oxygens (including phenoxy) is 2. The molecule has 4 nitrogen and oxygen atoms in total. The van der Waals surface area contributed by atoms with Crippen LogP contribution in [0.3, 0.4) is 0 Å². The van der Waals surface area contributed by atoms with Crippen LogP contribution in [0.1, 0.15) is 27.7 Å². The van der Waals surface area contributed by atoms with Gasteiger partial charge in [-0.15, -0.1) is 0 Å². The van der Waals surface area contributed by atoms with Gasteiger partial charge in [0.25, 0.3) is 0 Å². The van der Waals surface area contributed by atoms with E-state index >= 15 is 0 Å². The molecular weight excluding hydrogens is 172 g/mol. The van der Waals surface area contributed by atoms with Gasteiger partial charge in [0.2, 0.25) is 0 Å². The predicted octanol–water partition coefficient (Wildman–Crippen LogP) is 0.270. The molecule has 0 radical (unpaired) electrons. The summed E-state index contributed by atoms with van der Waals surface area (Å²) in [5.74, 6) is -0.656. The zero-order valence-electron chi connectivity index (χ0n) is 8.57.